The molecular weight excluding hydrogens is 274 g/mol. The van der Waals surface area contributed by atoms with Gasteiger partial charge in [0.15, 0.2) is 5.78 Å². The standard InChI is InChI=1S/C19H35NO2/c1-15(2)14-19(6,22-7)16(13-17(21)18(3,4)5)20-11-9-8-10-12-20/h13,15H,8-12,14H2,1-7H3. The molecule has 3 nitrogen and oxygen atoms in total. The second-order valence-corrected chi connectivity index (χ2v) is 8.22. The molecule has 1 saturated heterocycles. The average molecular weight is 309 g/mol. The second-order valence-electron chi connectivity index (χ2n) is 8.22. The van der Waals surface area contributed by atoms with E-state index in [1.807, 2.05) is 26.8 Å². The van der Waals surface area contributed by atoms with Crippen LogP contribution in [0.1, 0.15) is 67.2 Å². The Morgan fingerprint density at radius 1 is 1.14 bits per heavy atom. The fourth-order valence-corrected chi connectivity index (χ4v) is 3.13. The zero-order chi connectivity index (χ0) is 17.0. The number of carbonyl (C=O) groups excluding carboxylic acids is 1. The summed E-state index contributed by atoms with van der Waals surface area (Å²) in [5, 5.41) is 0. The van der Waals surface area contributed by atoms with Gasteiger partial charge in [-0.15, -0.1) is 0 Å². The van der Waals surface area contributed by atoms with Crippen molar-refractivity contribution in [2.75, 3.05) is 20.2 Å². The van der Waals surface area contributed by atoms with Gasteiger partial charge in [-0.2, -0.15) is 0 Å². The molecule has 1 fully saturated rings. The van der Waals surface area contributed by atoms with E-state index < -0.39 is 5.60 Å². The molecule has 0 amide bonds. The number of nitrogens with zero attached hydrogens (tertiary/aromatic N) is 1. The molecule has 0 spiro atoms. The Balaban J connectivity index is 3.19. The van der Waals surface area contributed by atoms with Crippen LogP contribution in [0, 0.1) is 11.3 Å². The van der Waals surface area contributed by atoms with E-state index in [4.69, 9.17) is 4.74 Å². The first-order chi connectivity index (χ1) is 10.1. The molecule has 0 aromatic carbocycles. The number of carbonyl (C=O) groups is 1. The number of methoxy groups -OCH3 is 1. The normalized spacial score (nSPS) is 20.2. The molecule has 128 valence electrons. The van der Waals surface area contributed by atoms with Crippen LogP contribution in [0.5, 0.6) is 0 Å². The lowest BCUT2D eigenvalue weighted by Gasteiger charge is -2.41. The van der Waals surface area contributed by atoms with Gasteiger partial charge in [-0.25, -0.2) is 0 Å². The Morgan fingerprint density at radius 2 is 1.68 bits per heavy atom. The summed E-state index contributed by atoms with van der Waals surface area (Å²) in [5.74, 6) is 0.697. The van der Waals surface area contributed by atoms with Gasteiger partial charge < -0.3 is 9.64 Å². The van der Waals surface area contributed by atoms with E-state index >= 15 is 0 Å². The number of rotatable bonds is 6. The van der Waals surface area contributed by atoms with Gasteiger partial charge in [-0.1, -0.05) is 34.6 Å². The van der Waals surface area contributed by atoms with E-state index in [0.717, 1.165) is 25.2 Å². The Labute approximate surface area is 137 Å². The van der Waals surface area contributed by atoms with E-state index in [1.54, 1.807) is 7.11 Å². The van der Waals surface area contributed by atoms with Crippen molar-refractivity contribution in [1.82, 2.24) is 4.90 Å². The minimum atomic E-state index is -0.396. The van der Waals surface area contributed by atoms with E-state index in [0.29, 0.717) is 5.92 Å². The van der Waals surface area contributed by atoms with Crippen LogP contribution in [0.4, 0.5) is 0 Å². The molecule has 0 radical (unpaired) electrons. The smallest absolute Gasteiger partial charge is 0.162 e. The Kier molecular flexibility index (Phi) is 6.66. The molecule has 22 heavy (non-hydrogen) atoms. The lowest BCUT2D eigenvalue weighted by molar-refractivity contribution is -0.121. The van der Waals surface area contributed by atoms with Gasteiger partial charge in [0, 0.05) is 37.4 Å². The highest BCUT2D eigenvalue weighted by molar-refractivity contribution is 5.94. The molecule has 0 aliphatic carbocycles. The molecule has 3 heteroatoms. The van der Waals surface area contributed by atoms with Crippen LogP contribution in [0.3, 0.4) is 0 Å². The summed E-state index contributed by atoms with van der Waals surface area (Å²) in [7, 11) is 1.77. The first-order valence-corrected chi connectivity index (χ1v) is 8.67. The molecule has 1 aliphatic rings. The highest BCUT2D eigenvalue weighted by atomic mass is 16.5. The third kappa shape index (κ3) is 5.12. The SMILES string of the molecule is COC(C)(CC(C)C)C(=CC(=O)C(C)(C)C)N1CCCCC1. The Hall–Kier alpha value is -0.830. The molecule has 0 bridgehead atoms. The first kappa shape index (κ1) is 19.2. The monoisotopic (exact) mass is 309 g/mol. The molecule has 1 aliphatic heterocycles. The van der Waals surface area contributed by atoms with Gasteiger partial charge >= 0.3 is 0 Å². The second kappa shape index (κ2) is 7.63. The predicted octanol–water partition coefficient (Wildman–Crippen LogP) is 4.42. The van der Waals surface area contributed by atoms with E-state index in [2.05, 4.69) is 25.7 Å². The highest BCUT2D eigenvalue weighted by Gasteiger charge is 2.35. The third-order valence-corrected chi connectivity index (χ3v) is 4.49. The fourth-order valence-electron chi connectivity index (χ4n) is 3.13. The number of hydrogen-bond acceptors (Lipinski definition) is 3. The number of likely N-dealkylation sites (tertiary alicyclic amines) is 1. The van der Waals surface area contributed by atoms with Crippen LogP contribution in [0.2, 0.25) is 0 Å². The molecule has 0 aromatic heterocycles. The third-order valence-electron chi connectivity index (χ3n) is 4.49. The number of ketones is 1. The first-order valence-electron chi connectivity index (χ1n) is 8.67. The van der Waals surface area contributed by atoms with Crippen LogP contribution in [-0.4, -0.2) is 36.5 Å². The zero-order valence-electron chi connectivity index (χ0n) is 15.7. The van der Waals surface area contributed by atoms with E-state index in [-0.39, 0.29) is 11.2 Å². The molecule has 0 saturated carbocycles. The summed E-state index contributed by atoms with van der Waals surface area (Å²) >= 11 is 0. The van der Waals surface area contributed by atoms with Crippen LogP contribution < -0.4 is 0 Å². The van der Waals surface area contributed by atoms with Crippen LogP contribution >= 0.6 is 0 Å². The Morgan fingerprint density at radius 3 is 2.09 bits per heavy atom. The van der Waals surface area contributed by atoms with Crippen molar-refractivity contribution < 1.29 is 9.53 Å². The summed E-state index contributed by atoms with van der Waals surface area (Å²) in [4.78, 5) is 15.0. The van der Waals surface area contributed by atoms with E-state index in [1.165, 1.54) is 19.3 Å². The van der Waals surface area contributed by atoms with Gasteiger partial charge in [-0.3, -0.25) is 4.79 Å². The largest absolute Gasteiger partial charge is 0.372 e. The van der Waals surface area contributed by atoms with Crippen molar-refractivity contribution in [3.8, 4) is 0 Å². The summed E-state index contributed by atoms with van der Waals surface area (Å²) in [6, 6.07) is 0. The number of hydrogen-bond donors (Lipinski definition) is 0. The summed E-state index contributed by atoms with van der Waals surface area (Å²) in [6.45, 7) is 14.5. The maximum absolute atomic E-state index is 12.6. The Bertz CT molecular complexity index is 400. The topological polar surface area (TPSA) is 29.5 Å². The van der Waals surface area contributed by atoms with Gasteiger partial charge in [0.2, 0.25) is 0 Å². The molecule has 1 unspecified atom stereocenters. The summed E-state index contributed by atoms with van der Waals surface area (Å²) < 4.78 is 5.92. The number of allylic oxidation sites excluding steroid dienone is 1. The van der Waals surface area contributed by atoms with Crippen molar-refractivity contribution in [2.45, 2.75) is 72.8 Å². The quantitative estimate of drug-likeness (QED) is 0.680. The molecule has 1 heterocycles. The molecule has 0 aromatic rings. The van der Waals surface area contributed by atoms with Crippen molar-refractivity contribution >= 4 is 5.78 Å². The van der Waals surface area contributed by atoms with Crippen molar-refractivity contribution in [3.05, 3.63) is 11.8 Å². The minimum absolute atomic E-state index is 0.181. The van der Waals surface area contributed by atoms with Crippen LogP contribution in [-0.2, 0) is 9.53 Å². The lowest BCUT2D eigenvalue weighted by Crippen LogP contribution is -2.44. The number of piperidine rings is 1. The van der Waals surface area contributed by atoms with Crippen LogP contribution in [0.15, 0.2) is 11.8 Å². The minimum Gasteiger partial charge on any atom is -0.372 e. The number of ether oxygens (including phenoxy) is 1. The van der Waals surface area contributed by atoms with Crippen molar-refractivity contribution in [1.29, 1.82) is 0 Å². The maximum atomic E-state index is 12.6. The molecule has 1 atom stereocenters. The lowest BCUT2D eigenvalue weighted by atomic mass is 9.85. The van der Waals surface area contributed by atoms with Gasteiger partial charge in [0.25, 0.3) is 0 Å². The van der Waals surface area contributed by atoms with E-state index in [9.17, 15) is 4.79 Å². The van der Waals surface area contributed by atoms with Crippen molar-refractivity contribution in [3.63, 3.8) is 0 Å². The molecule has 0 N–H and O–H groups in total. The average Bonchev–Trinajstić information content (AvgIpc) is 2.43. The molecular formula is C19H35NO2. The predicted molar refractivity (Wildman–Crippen MR) is 92.8 cm³/mol. The maximum Gasteiger partial charge on any atom is 0.162 e. The van der Waals surface area contributed by atoms with Gasteiger partial charge in [-0.05, 0) is 38.5 Å². The zero-order valence-corrected chi connectivity index (χ0v) is 15.7. The summed E-state index contributed by atoms with van der Waals surface area (Å²) in [5.41, 5.74) is 0.322. The fraction of sp³-hybridized carbons (Fsp3) is 0.842. The molecule has 1 rings (SSSR count). The van der Waals surface area contributed by atoms with Gasteiger partial charge in [0.1, 0.15) is 5.60 Å². The summed E-state index contributed by atoms with van der Waals surface area (Å²) in [6.07, 6.45) is 6.45. The highest BCUT2D eigenvalue weighted by Crippen LogP contribution is 2.33. The van der Waals surface area contributed by atoms with Gasteiger partial charge in [0.05, 0.1) is 0 Å². The van der Waals surface area contributed by atoms with Crippen LogP contribution in [0.25, 0.3) is 0 Å². The van der Waals surface area contributed by atoms with Crippen molar-refractivity contribution in [2.24, 2.45) is 11.3 Å².